The van der Waals surface area contributed by atoms with E-state index in [1.807, 2.05) is 19.1 Å². The Morgan fingerprint density at radius 3 is 2.67 bits per heavy atom. The van der Waals surface area contributed by atoms with Crippen LogP contribution in [0.25, 0.3) is 0 Å². The molecule has 1 aromatic carbocycles. The first kappa shape index (κ1) is 18.0. The van der Waals surface area contributed by atoms with E-state index in [2.05, 4.69) is 6.92 Å². The number of ketones is 1. The average Bonchev–Trinajstić information content (AvgIpc) is 2.52. The van der Waals surface area contributed by atoms with Crippen LogP contribution in [-0.2, 0) is 4.74 Å². The van der Waals surface area contributed by atoms with E-state index in [4.69, 9.17) is 21.1 Å². The third-order valence-corrected chi connectivity index (χ3v) is 3.72. The molecular weight excluding hydrogens is 288 g/mol. The highest BCUT2D eigenvalue weighted by Gasteiger charge is 2.18. The molecule has 21 heavy (non-hydrogen) atoms. The summed E-state index contributed by atoms with van der Waals surface area (Å²) in [6.07, 6.45) is 4.59. The van der Waals surface area contributed by atoms with Gasteiger partial charge in [0.25, 0.3) is 0 Å². The van der Waals surface area contributed by atoms with Crippen molar-refractivity contribution in [1.29, 1.82) is 0 Å². The second-order valence-electron chi connectivity index (χ2n) is 5.06. The van der Waals surface area contributed by atoms with E-state index in [0.717, 1.165) is 18.6 Å². The van der Waals surface area contributed by atoms with Gasteiger partial charge < -0.3 is 9.47 Å². The van der Waals surface area contributed by atoms with Crippen molar-refractivity contribution in [2.45, 2.75) is 45.6 Å². The molecule has 0 heterocycles. The van der Waals surface area contributed by atoms with Crippen LogP contribution in [0.3, 0.4) is 0 Å². The Hall–Kier alpha value is -1.06. The second kappa shape index (κ2) is 9.80. The molecule has 1 rings (SSSR count). The summed E-state index contributed by atoms with van der Waals surface area (Å²) in [4.78, 5) is 11.8. The Morgan fingerprint density at radius 2 is 2.05 bits per heavy atom. The molecule has 118 valence electrons. The van der Waals surface area contributed by atoms with E-state index < -0.39 is 0 Å². The van der Waals surface area contributed by atoms with E-state index in [-0.39, 0.29) is 17.8 Å². The number of halogens is 1. The highest BCUT2D eigenvalue weighted by Crippen LogP contribution is 2.31. The van der Waals surface area contributed by atoms with Gasteiger partial charge in [-0.3, -0.25) is 4.79 Å². The number of alkyl halides is 1. The Labute approximate surface area is 132 Å². The number of carbonyl (C=O) groups is 1. The molecule has 0 radical (unpaired) electrons. The van der Waals surface area contributed by atoms with Crippen molar-refractivity contribution >= 4 is 17.4 Å². The molecule has 0 bridgehead atoms. The molecule has 0 spiro atoms. The fraction of sp³-hybridized carbons (Fsp3) is 0.588. The van der Waals surface area contributed by atoms with Crippen molar-refractivity contribution < 1.29 is 14.3 Å². The van der Waals surface area contributed by atoms with Gasteiger partial charge in [-0.05, 0) is 19.4 Å². The summed E-state index contributed by atoms with van der Waals surface area (Å²) in [6, 6.07) is 5.51. The first-order chi connectivity index (χ1) is 10.2. The lowest BCUT2D eigenvalue weighted by molar-refractivity contribution is 0.0610. The van der Waals surface area contributed by atoms with Gasteiger partial charge in [-0.1, -0.05) is 38.3 Å². The van der Waals surface area contributed by atoms with Crippen LogP contribution in [0.4, 0.5) is 0 Å². The Balaban J connectivity index is 2.74. The van der Waals surface area contributed by atoms with Crippen LogP contribution in [0.15, 0.2) is 18.2 Å². The predicted octanol–water partition coefficient (Wildman–Crippen LogP) is 4.77. The molecule has 0 aliphatic rings. The van der Waals surface area contributed by atoms with Gasteiger partial charge in [-0.25, -0.2) is 0 Å². The summed E-state index contributed by atoms with van der Waals surface area (Å²) in [5, 5.41) is 0. The summed E-state index contributed by atoms with van der Waals surface area (Å²) in [7, 11) is 1.57. The van der Waals surface area contributed by atoms with Crippen LogP contribution >= 0.6 is 11.6 Å². The van der Waals surface area contributed by atoms with Crippen LogP contribution < -0.4 is 4.74 Å². The SMILES string of the molecule is CCCCCCO[C@@H](C)c1cccc(C(=O)CCl)c1OC. The van der Waals surface area contributed by atoms with Crippen LogP contribution in [-0.4, -0.2) is 25.4 Å². The van der Waals surface area contributed by atoms with Gasteiger partial charge in [-0.15, -0.1) is 11.6 Å². The monoisotopic (exact) mass is 312 g/mol. The standard InChI is InChI=1S/C17H25ClO3/c1-4-5-6-7-11-21-13(2)14-9-8-10-15(16(19)12-18)17(14)20-3/h8-10,13H,4-7,11-12H2,1-3H3/t13-/m0/s1. The van der Waals surface area contributed by atoms with Crippen molar-refractivity contribution in [3.8, 4) is 5.75 Å². The Bertz CT molecular complexity index is 446. The third kappa shape index (κ3) is 5.33. The maximum atomic E-state index is 11.8. The molecule has 0 saturated heterocycles. The second-order valence-corrected chi connectivity index (χ2v) is 5.33. The van der Waals surface area contributed by atoms with E-state index >= 15 is 0 Å². The minimum atomic E-state index is -0.134. The van der Waals surface area contributed by atoms with E-state index in [1.54, 1.807) is 13.2 Å². The van der Waals surface area contributed by atoms with Gasteiger partial charge in [0.05, 0.1) is 24.7 Å². The minimum Gasteiger partial charge on any atom is -0.496 e. The molecular formula is C17H25ClO3. The zero-order chi connectivity index (χ0) is 15.7. The summed E-state index contributed by atoms with van der Waals surface area (Å²) in [5.41, 5.74) is 1.41. The molecule has 0 saturated carbocycles. The highest BCUT2D eigenvalue weighted by atomic mass is 35.5. The number of Topliss-reactive ketones (excluding diaryl/α,β-unsaturated/α-hetero) is 1. The molecule has 0 aliphatic carbocycles. The number of unbranched alkanes of at least 4 members (excludes halogenated alkanes) is 3. The number of benzene rings is 1. The summed E-state index contributed by atoms with van der Waals surface area (Å²) >= 11 is 5.64. The largest absolute Gasteiger partial charge is 0.496 e. The molecule has 1 atom stereocenters. The van der Waals surface area contributed by atoms with Gasteiger partial charge in [0.2, 0.25) is 0 Å². The number of hydrogen-bond donors (Lipinski definition) is 0. The quantitative estimate of drug-likeness (QED) is 0.354. The number of ether oxygens (including phenoxy) is 2. The number of rotatable bonds is 10. The van der Waals surface area contributed by atoms with E-state index in [1.165, 1.54) is 19.3 Å². The number of hydrogen-bond acceptors (Lipinski definition) is 3. The van der Waals surface area contributed by atoms with Crippen LogP contribution in [0.2, 0.25) is 0 Å². The zero-order valence-corrected chi connectivity index (χ0v) is 13.9. The number of carbonyl (C=O) groups excluding carboxylic acids is 1. The number of methoxy groups -OCH3 is 1. The summed E-state index contributed by atoms with van der Waals surface area (Å²) in [6.45, 7) is 4.89. The first-order valence-corrected chi connectivity index (χ1v) is 8.06. The van der Waals surface area contributed by atoms with Gasteiger partial charge in [0.1, 0.15) is 5.75 Å². The fourth-order valence-electron chi connectivity index (χ4n) is 2.27. The molecule has 1 aromatic rings. The van der Waals surface area contributed by atoms with Crippen molar-refractivity contribution in [1.82, 2.24) is 0 Å². The smallest absolute Gasteiger partial charge is 0.181 e. The fourth-order valence-corrected chi connectivity index (χ4v) is 2.42. The maximum absolute atomic E-state index is 11.8. The van der Waals surface area contributed by atoms with Crippen LogP contribution in [0.5, 0.6) is 5.75 Å². The minimum absolute atomic E-state index is 0.0495. The Morgan fingerprint density at radius 1 is 1.29 bits per heavy atom. The van der Waals surface area contributed by atoms with E-state index in [9.17, 15) is 4.79 Å². The molecule has 4 heteroatoms. The third-order valence-electron chi connectivity index (χ3n) is 3.48. The molecule has 0 unspecified atom stereocenters. The van der Waals surface area contributed by atoms with Crippen molar-refractivity contribution in [2.75, 3.05) is 19.6 Å². The maximum Gasteiger partial charge on any atom is 0.181 e. The highest BCUT2D eigenvalue weighted by molar-refractivity contribution is 6.30. The molecule has 0 aliphatic heterocycles. The summed E-state index contributed by atoms with van der Waals surface area (Å²) in [5.74, 6) is 0.390. The van der Waals surface area contributed by atoms with Gasteiger partial charge in [0.15, 0.2) is 5.78 Å². The van der Waals surface area contributed by atoms with Gasteiger partial charge >= 0.3 is 0 Å². The molecule has 0 fully saturated rings. The van der Waals surface area contributed by atoms with Crippen molar-refractivity contribution in [2.24, 2.45) is 0 Å². The van der Waals surface area contributed by atoms with Crippen molar-refractivity contribution in [3.05, 3.63) is 29.3 Å². The molecule has 0 N–H and O–H groups in total. The van der Waals surface area contributed by atoms with Crippen LogP contribution in [0, 0.1) is 0 Å². The lowest BCUT2D eigenvalue weighted by atomic mass is 10.0. The summed E-state index contributed by atoms with van der Waals surface area (Å²) < 4.78 is 11.3. The number of para-hydroxylation sites is 1. The molecule has 0 aromatic heterocycles. The van der Waals surface area contributed by atoms with Crippen molar-refractivity contribution in [3.63, 3.8) is 0 Å². The lowest BCUT2D eigenvalue weighted by Gasteiger charge is -2.18. The predicted molar refractivity (Wildman–Crippen MR) is 86.6 cm³/mol. The van der Waals surface area contributed by atoms with Crippen LogP contribution in [0.1, 0.15) is 61.6 Å². The average molecular weight is 313 g/mol. The van der Waals surface area contributed by atoms with Gasteiger partial charge in [-0.2, -0.15) is 0 Å². The zero-order valence-electron chi connectivity index (χ0n) is 13.2. The Kier molecular flexibility index (Phi) is 8.40. The normalized spacial score (nSPS) is 12.2. The molecule has 0 amide bonds. The van der Waals surface area contributed by atoms with E-state index in [0.29, 0.717) is 11.3 Å². The molecule has 3 nitrogen and oxygen atoms in total. The first-order valence-electron chi connectivity index (χ1n) is 7.53. The van der Waals surface area contributed by atoms with Gasteiger partial charge in [0, 0.05) is 12.2 Å². The topological polar surface area (TPSA) is 35.5 Å². The lowest BCUT2D eigenvalue weighted by Crippen LogP contribution is -2.09.